The van der Waals surface area contributed by atoms with Crippen LogP contribution in [0.2, 0.25) is 0 Å². The van der Waals surface area contributed by atoms with Crippen LogP contribution >= 0.6 is 0 Å². The van der Waals surface area contributed by atoms with Crippen LogP contribution in [0.3, 0.4) is 0 Å². The van der Waals surface area contributed by atoms with Crippen molar-refractivity contribution in [1.29, 1.82) is 0 Å². The summed E-state index contributed by atoms with van der Waals surface area (Å²) >= 11 is 0. The number of imidazole rings is 1. The van der Waals surface area contributed by atoms with Crippen LogP contribution in [0.1, 0.15) is 20.8 Å². The van der Waals surface area contributed by atoms with E-state index >= 15 is 0 Å². The van der Waals surface area contributed by atoms with Gasteiger partial charge in [-0.15, -0.1) is 0 Å². The summed E-state index contributed by atoms with van der Waals surface area (Å²) in [6.45, 7) is 5.75. The summed E-state index contributed by atoms with van der Waals surface area (Å²) in [6, 6.07) is 11.5. The van der Waals surface area contributed by atoms with E-state index in [1.54, 1.807) is 11.9 Å². The molecule has 0 aliphatic carbocycles. The van der Waals surface area contributed by atoms with E-state index in [4.69, 9.17) is 5.73 Å². The Labute approximate surface area is 141 Å². The van der Waals surface area contributed by atoms with Gasteiger partial charge >= 0.3 is 0 Å². The molecular formula is C19H22N4O. The van der Waals surface area contributed by atoms with E-state index in [2.05, 4.69) is 4.98 Å². The molecule has 24 heavy (non-hydrogen) atoms. The number of nitrogen functional groups attached to an aromatic ring is 1. The number of rotatable bonds is 2. The van der Waals surface area contributed by atoms with Gasteiger partial charge in [0.15, 0.2) is 0 Å². The molecule has 2 heterocycles. The second kappa shape index (κ2) is 5.67. The molecule has 2 aromatic heterocycles. The lowest BCUT2D eigenvalue weighted by molar-refractivity contribution is -0.125. The van der Waals surface area contributed by atoms with Gasteiger partial charge in [-0.3, -0.25) is 9.20 Å². The van der Waals surface area contributed by atoms with Gasteiger partial charge in [-0.25, -0.2) is 4.98 Å². The second-order valence-electron chi connectivity index (χ2n) is 7.00. The third-order valence-electron chi connectivity index (χ3n) is 4.01. The number of nitrogens with zero attached hydrogens (tertiary/aromatic N) is 3. The zero-order chi connectivity index (χ0) is 17.5. The highest BCUT2D eigenvalue weighted by Gasteiger charge is 2.26. The van der Waals surface area contributed by atoms with Gasteiger partial charge in [0.2, 0.25) is 5.91 Å². The minimum Gasteiger partial charge on any atom is -0.399 e. The average Bonchev–Trinajstić information content (AvgIpc) is 2.95. The third-order valence-corrected chi connectivity index (χ3v) is 4.01. The van der Waals surface area contributed by atoms with Crippen LogP contribution in [-0.2, 0) is 4.79 Å². The second-order valence-corrected chi connectivity index (χ2v) is 7.00. The zero-order valence-corrected chi connectivity index (χ0v) is 14.4. The molecule has 3 rings (SSSR count). The Bertz CT molecular complexity index is 905. The maximum absolute atomic E-state index is 12.5. The highest BCUT2D eigenvalue weighted by Crippen LogP contribution is 2.26. The minimum atomic E-state index is -0.435. The van der Waals surface area contributed by atoms with Crippen molar-refractivity contribution in [3.63, 3.8) is 0 Å². The lowest BCUT2D eigenvalue weighted by Gasteiger charge is -2.26. The number of pyridine rings is 1. The number of carbonyl (C=O) groups excluding carboxylic acids is 1. The molecule has 0 aliphatic heterocycles. The van der Waals surface area contributed by atoms with Crippen LogP contribution in [0, 0.1) is 5.41 Å². The van der Waals surface area contributed by atoms with Crippen LogP contribution < -0.4 is 10.6 Å². The Balaban J connectivity index is 2.08. The fraction of sp³-hybridized carbons (Fsp3) is 0.263. The third kappa shape index (κ3) is 2.85. The molecule has 5 nitrogen and oxygen atoms in total. The van der Waals surface area contributed by atoms with Crippen LogP contribution in [0.4, 0.5) is 11.4 Å². The van der Waals surface area contributed by atoms with Gasteiger partial charge in [0.25, 0.3) is 0 Å². The molecule has 0 saturated carbocycles. The summed E-state index contributed by atoms with van der Waals surface area (Å²) < 4.78 is 1.98. The standard InChI is InChI=1S/C19H22N4O/c1-19(2,3)18(24)22(4)15-8-9-17-21-11-16(23(17)12-15)13-6-5-7-14(20)10-13/h5-12H,20H2,1-4H3. The van der Waals surface area contributed by atoms with Gasteiger partial charge in [-0.2, -0.15) is 0 Å². The lowest BCUT2D eigenvalue weighted by atomic mass is 9.95. The van der Waals surface area contributed by atoms with Crippen LogP contribution in [0.5, 0.6) is 0 Å². The van der Waals surface area contributed by atoms with Crippen molar-refractivity contribution in [3.05, 3.63) is 48.8 Å². The molecule has 0 bridgehead atoms. The highest BCUT2D eigenvalue weighted by molar-refractivity contribution is 5.96. The summed E-state index contributed by atoms with van der Waals surface area (Å²) in [4.78, 5) is 18.6. The number of carbonyl (C=O) groups is 1. The smallest absolute Gasteiger partial charge is 0.232 e. The molecule has 124 valence electrons. The van der Waals surface area contributed by atoms with Gasteiger partial charge in [0.1, 0.15) is 5.65 Å². The van der Waals surface area contributed by atoms with Crippen molar-refractivity contribution in [3.8, 4) is 11.3 Å². The number of benzene rings is 1. The molecule has 0 unspecified atom stereocenters. The summed E-state index contributed by atoms with van der Waals surface area (Å²) in [5.41, 5.74) is 9.75. The summed E-state index contributed by atoms with van der Waals surface area (Å²) in [5.74, 6) is 0.0625. The molecule has 0 atom stereocenters. The van der Waals surface area contributed by atoms with Crippen molar-refractivity contribution >= 4 is 22.9 Å². The number of aromatic nitrogens is 2. The molecule has 1 aromatic carbocycles. The summed E-state index contributed by atoms with van der Waals surface area (Å²) in [6.07, 6.45) is 3.75. The van der Waals surface area contributed by atoms with E-state index in [9.17, 15) is 4.79 Å². The predicted molar refractivity (Wildman–Crippen MR) is 97.9 cm³/mol. The Hall–Kier alpha value is -2.82. The quantitative estimate of drug-likeness (QED) is 0.733. The van der Waals surface area contributed by atoms with E-state index in [0.29, 0.717) is 5.69 Å². The van der Waals surface area contributed by atoms with Crippen LogP contribution in [0.15, 0.2) is 48.8 Å². The first-order valence-electron chi connectivity index (χ1n) is 7.88. The molecule has 0 saturated heterocycles. The van der Waals surface area contributed by atoms with E-state index in [1.807, 2.05) is 74.0 Å². The predicted octanol–water partition coefficient (Wildman–Crippen LogP) is 3.59. The average molecular weight is 322 g/mol. The van der Waals surface area contributed by atoms with Gasteiger partial charge in [-0.1, -0.05) is 32.9 Å². The molecule has 0 aliphatic rings. The number of hydrogen-bond acceptors (Lipinski definition) is 3. The van der Waals surface area contributed by atoms with Gasteiger partial charge in [-0.05, 0) is 24.3 Å². The lowest BCUT2D eigenvalue weighted by Crippen LogP contribution is -2.36. The largest absolute Gasteiger partial charge is 0.399 e. The number of anilines is 2. The fourth-order valence-electron chi connectivity index (χ4n) is 2.70. The first-order valence-corrected chi connectivity index (χ1v) is 7.88. The van der Waals surface area contributed by atoms with E-state index in [1.165, 1.54) is 0 Å². The van der Waals surface area contributed by atoms with Crippen LogP contribution in [0.25, 0.3) is 16.9 Å². The first-order chi connectivity index (χ1) is 11.3. The van der Waals surface area contributed by atoms with E-state index in [0.717, 1.165) is 22.6 Å². The zero-order valence-electron chi connectivity index (χ0n) is 14.4. The van der Waals surface area contributed by atoms with Crippen molar-refractivity contribution in [2.45, 2.75) is 20.8 Å². The fourth-order valence-corrected chi connectivity index (χ4v) is 2.70. The van der Waals surface area contributed by atoms with Crippen molar-refractivity contribution < 1.29 is 4.79 Å². The number of fused-ring (bicyclic) bond motifs is 1. The summed E-state index contributed by atoms with van der Waals surface area (Å²) in [5, 5.41) is 0. The Morgan fingerprint density at radius 3 is 2.62 bits per heavy atom. The Morgan fingerprint density at radius 1 is 1.21 bits per heavy atom. The maximum atomic E-state index is 12.5. The maximum Gasteiger partial charge on any atom is 0.232 e. The number of hydrogen-bond donors (Lipinski definition) is 1. The molecule has 2 N–H and O–H groups in total. The SMILES string of the molecule is CN(C(=O)C(C)(C)C)c1ccc2ncc(-c3cccc(N)c3)n2c1. The van der Waals surface area contributed by atoms with Crippen molar-refractivity contribution in [1.82, 2.24) is 9.38 Å². The molecule has 5 heteroatoms. The van der Waals surface area contributed by atoms with Crippen molar-refractivity contribution in [2.24, 2.45) is 5.41 Å². The number of nitrogens with two attached hydrogens (primary N) is 1. The van der Waals surface area contributed by atoms with Gasteiger partial charge in [0.05, 0.1) is 17.6 Å². The first kappa shape index (κ1) is 16.1. The monoisotopic (exact) mass is 322 g/mol. The normalized spacial score (nSPS) is 11.7. The molecular weight excluding hydrogens is 300 g/mol. The minimum absolute atomic E-state index is 0.0625. The molecule has 1 amide bonds. The van der Waals surface area contributed by atoms with Gasteiger partial charge < -0.3 is 10.6 Å². The molecule has 0 fully saturated rings. The Kier molecular flexibility index (Phi) is 3.79. The number of amides is 1. The topological polar surface area (TPSA) is 63.6 Å². The molecule has 0 spiro atoms. The van der Waals surface area contributed by atoms with E-state index in [-0.39, 0.29) is 5.91 Å². The molecule has 0 radical (unpaired) electrons. The van der Waals surface area contributed by atoms with E-state index < -0.39 is 5.41 Å². The van der Waals surface area contributed by atoms with Crippen molar-refractivity contribution in [2.75, 3.05) is 17.7 Å². The highest BCUT2D eigenvalue weighted by atomic mass is 16.2. The summed E-state index contributed by atoms with van der Waals surface area (Å²) in [7, 11) is 1.80. The molecule has 3 aromatic rings. The van der Waals surface area contributed by atoms with Gasteiger partial charge in [0, 0.05) is 29.9 Å². The van der Waals surface area contributed by atoms with Crippen LogP contribution in [-0.4, -0.2) is 22.3 Å². The Morgan fingerprint density at radius 2 is 1.96 bits per heavy atom.